The molecule has 1 N–H and O–H groups in total. The van der Waals surface area contributed by atoms with Crippen molar-refractivity contribution in [1.29, 1.82) is 0 Å². The van der Waals surface area contributed by atoms with E-state index in [1.807, 2.05) is 60.7 Å². The van der Waals surface area contributed by atoms with Crippen molar-refractivity contribution in [3.63, 3.8) is 0 Å². The van der Waals surface area contributed by atoms with E-state index in [4.69, 9.17) is 9.57 Å². The highest BCUT2D eigenvalue weighted by molar-refractivity contribution is 5.47. The van der Waals surface area contributed by atoms with E-state index in [0.29, 0.717) is 5.82 Å². The van der Waals surface area contributed by atoms with Crippen LogP contribution in [0, 0.1) is 0 Å². The van der Waals surface area contributed by atoms with Crippen LogP contribution in [0.5, 0.6) is 11.5 Å². The summed E-state index contributed by atoms with van der Waals surface area (Å²) in [6.45, 7) is 0. The Morgan fingerprint density at radius 1 is 0.880 bits per heavy atom. The third-order valence-electron chi connectivity index (χ3n) is 3.87. The molecule has 0 spiro atoms. The molecule has 2 aromatic carbocycles. The molecule has 1 atom stereocenters. The molecule has 3 aromatic rings. The molecule has 0 saturated carbocycles. The van der Waals surface area contributed by atoms with Crippen molar-refractivity contribution in [1.82, 2.24) is 10.0 Å². The summed E-state index contributed by atoms with van der Waals surface area (Å²) in [6.07, 6.45) is 3.30. The fourth-order valence-electron chi connectivity index (χ4n) is 2.61. The van der Waals surface area contributed by atoms with Gasteiger partial charge < -0.3 is 4.74 Å². The van der Waals surface area contributed by atoms with Crippen LogP contribution in [-0.4, -0.2) is 4.57 Å². The van der Waals surface area contributed by atoms with Crippen molar-refractivity contribution in [2.24, 2.45) is 0 Å². The molecule has 0 amide bonds. The highest BCUT2D eigenvalue weighted by Crippen LogP contribution is 2.28. The number of hydrogen-bond donors (Lipinski definition) is 1. The maximum atomic E-state index is 11.9. The molecule has 0 saturated heterocycles. The van der Waals surface area contributed by atoms with Gasteiger partial charge in [-0.25, -0.2) is 5.48 Å². The first kappa shape index (κ1) is 15.2. The van der Waals surface area contributed by atoms with Gasteiger partial charge in [0, 0.05) is 12.3 Å². The van der Waals surface area contributed by atoms with Gasteiger partial charge in [-0.2, -0.15) is 0 Å². The number of para-hydroxylation sites is 1. The summed E-state index contributed by atoms with van der Waals surface area (Å²) < 4.78 is 7.29. The number of aromatic nitrogens is 1. The van der Waals surface area contributed by atoms with Gasteiger partial charge in [0.15, 0.2) is 0 Å². The van der Waals surface area contributed by atoms with Gasteiger partial charge in [0.2, 0.25) is 0 Å². The van der Waals surface area contributed by atoms with Crippen LogP contribution in [0.2, 0.25) is 0 Å². The minimum Gasteiger partial charge on any atom is -0.457 e. The van der Waals surface area contributed by atoms with Crippen LogP contribution in [0.1, 0.15) is 11.7 Å². The fraction of sp³-hybridized carbons (Fsp3) is 0.0500. The lowest BCUT2D eigenvalue weighted by atomic mass is 10.1. The lowest BCUT2D eigenvalue weighted by molar-refractivity contribution is 0.0489. The highest BCUT2D eigenvalue weighted by atomic mass is 16.7. The Balaban J connectivity index is 1.51. The number of nitrogens with one attached hydrogen (secondary N) is 1. The van der Waals surface area contributed by atoms with Crippen molar-refractivity contribution >= 4 is 5.82 Å². The molecule has 1 aromatic heterocycles. The van der Waals surface area contributed by atoms with Gasteiger partial charge in [-0.15, -0.1) is 0 Å². The Morgan fingerprint density at radius 2 is 1.60 bits per heavy atom. The standard InChI is InChI=1S/C20H16N2O3/c23-20-8-4-5-13-22(20)19-14-18(25-21-19)15-9-11-17(12-10-15)24-16-6-2-1-3-7-16/h1-14,18,21H/t18-/m1/s1. The lowest BCUT2D eigenvalue weighted by Gasteiger charge is -2.09. The number of ether oxygens (including phenoxy) is 1. The zero-order valence-corrected chi connectivity index (χ0v) is 13.3. The van der Waals surface area contributed by atoms with Crippen LogP contribution >= 0.6 is 0 Å². The summed E-state index contributed by atoms with van der Waals surface area (Å²) in [7, 11) is 0. The number of hydrogen-bond acceptors (Lipinski definition) is 4. The zero-order valence-electron chi connectivity index (χ0n) is 13.3. The van der Waals surface area contributed by atoms with Gasteiger partial charge in [0.1, 0.15) is 23.4 Å². The van der Waals surface area contributed by atoms with Crippen LogP contribution < -0.4 is 15.8 Å². The number of nitrogens with zero attached hydrogens (tertiary/aromatic N) is 1. The first-order chi connectivity index (χ1) is 12.3. The van der Waals surface area contributed by atoms with Crippen LogP contribution in [0.4, 0.5) is 0 Å². The number of benzene rings is 2. The lowest BCUT2D eigenvalue weighted by Crippen LogP contribution is -2.22. The molecule has 0 bridgehead atoms. The minimum atomic E-state index is -0.270. The second kappa shape index (κ2) is 6.67. The SMILES string of the molecule is O=c1ccccn1C1=C[C@H](c2ccc(Oc3ccccc3)cc2)ON1. The van der Waals surface area contributed by atoms with E-state index in [0.717, 1.165) is 17.1 Å². The molecule has 5 heteroatoms. The molecule has 124 valence electrons. The maximum Gasteiger partial charge on any atom is 0.256 e. The summed E-state index contributed by atoms with van der Waals surface area (Å²) in [5.41, 5.74) is 3.66. The molecule has 5 nitrogen and oxygen atoms in total. The van der Waals surface area contributed by atoms with Crippen LogP contribution in [0.25, 0.3) is 5.82 Å². The van der Waals surface area contributed by atoms with Gasteiger partial charge in [0.25, 0.3) is 5.56 Å². The van der Waals surface area contributed by atoms with Crippen molar-refractivity contribution in [3.8, 4) is 11.5 Å². The Morgan fingerprint density at radius 3 is 2.36 bits per heavy atom. The average molecular weight is 332 g/mol. The number of hydroxylamine groups is 1. The van der Waals surface area contributed by atoms with Crippen LogP contribution in [0.3, 0.4) is 0 Å². The normalized spacial score (nSPS) is 16.2. The summed E-state index contributed by atoms with van der Waals surface area (Å²) >= 11 is 0. The van der Waals surface area contributed by atoms with Crippen molar-refractivity contribution in [2.75, 3.05) is 0 Å². The van der Waals surface area contributed by atoms with E-state index in [1.165, 1.54) is 10.6 Å². The van der Waals surface area contributed by atoms with E-state index in [-0.39, 0.29) is 11.7 Å². The summed E-state index contributed by atoms with van der Waals surface area (Å²) in [4.78, 5) is 17.5. The van der Waals surface area contributed by atoms with Crippen molar-refractivity contribution in [3.05, 3.63) is 101 Å². The second-order valence-corrected chi connectivity index (χ2v) is 5.59. The van der Waals surface area contributed by atoms with Crippen LogP contribution in [0.15, 0.2) is 89.9 Å². The summed E-state index contributed by atoms with van der Waals surface area (Å²) in [5.74, 6) is 2.16. The monoisotopic (exact) mass is 332 g/mol. The molecular formula is C20H16N2O3. The van der Waals surface area contributed by atoms with E-state index in [9.17, 15) is 4.79 Å². The smallest absolute Gasteiger partial charge is 0.256 e. The van der Waals surface area contributed by atoms with Gasteiger partial charge in [0.05, 0.1) is 0 Å². The van der Waals surface area contributed by atoms with Crippen molar-refractivity contribution in [2.45, 2.75) is 6.10 Å². The largest absolute Gasteiger partial charge is 0.457 e. The van der Waals surface area contributed by atoms with E-state index in [1.54, 1.807) is 18.3 Å². The molecular weight excluding hydrogens is 316 g/mol. The van der Waals surface area contributed by atoms with E-state index >= 15 is 0 Å². The molecule has 2 heterocycles. The zero-order chi connectivity index (χ0) is 17.1. The number of pyridine rings is 1. The Labute approximate surface area is 144 Å². The Bertz CT molecular complexity index is 946. The quantitative estimate of drug-likeness (QED) is 0.791. The number of rotatable bonds is 4. The third kappa shape index (κ3) is 3.32. The van der Waals surface area contributed by atoms with E-state index < -0.39 is 0 Å². The molecule has 1 aliphatic heterocycles. The highest BCUT2D eigenvalue weighted by Gasteiger charge is 2.19. The maximum absolute atomic E-state index is 11.9. The Hall–Kier alpha value is -3.31. The first-order valence-corrected chi connectivity index (χ1v) is 7.94. The Kier molecular flexibility index (Phi) is 4.06. The minimum absolute atomic E-state index is 0.114. The predicted octanol–water partition coefficient (Wildman–Crippen LogP) is 3.72. The van der Waals surface area contributed by atoms with Gasteiger partial charge >= 0.3 is 0 Å². The van der Waals surface area contributed by atoms with Gasteiger partial charge in [-0.1, -0.05) is 36.4 Å². The third-order valence-corrected chi connectivity index (χ3v) is 3.87. The van der Waals surface area contributed by atoms with Gasteiger partial charge in [-0.3, -0.25) is 14.2 Å². The molecule has 0 radical (unpaired) electrons. The van der Waals surface area contributed by atoms with Crippen molar-refractivity contribution < 1.29 is 9.57 Å². The molecule has 0 unspecified atom stereocenters. The predicted molar refractivity (Wildman–Crippen MR) is 94.9 cm³/mol. The first-order valence-electron chi connectivity index (χ1n) is 7.94. The molecule has 0 fully saturated rings. The summed E-state index contributed by atoms with van der Waals surface area (Å²) in [5, 5.41) is 0. The molecule has 1 aliphatic rings. The second-order valence-electron chi connectivity index (χ2n) is 5.59. The summed E-state index contributed by atoms with van der Waals surface area (Å²) in [6, 6.07) is 22.3. The molecule has 25 heavy (non-hydrogen) atoms. The van der Waals surface area contributed by atoms with Gasteiger partial charge in [-0.05, 0) is 42.0 Å². The topological polar surface area (TPSA) is 52.5 Å². The fourth-order valence-corrected chi connectivity index (χ4v) is 2.61. The van der Waals surface area contributed by atoms with E-state index in [2.05, 4.69) is 5.48 Å². The molecule has 0 aliphatic carbocycles. The molecule has 4 rings (SSSR count). The van der Waals surface area contributed by atoms with Crippen LogP contribution in [-0.2, 0) is 4.84 Å². The average Bonchev–Trinajstić information content (AvgIpc) is 3.13.